The van der Waals surface area contributed by atoms with Crippen LogP contribution in [0, 0.1) is 11.8 Å². The molecule has 2 fully saturated rings. The Morgan fingerprint density at radius 2 is 1.92 bits per heavy atom. The van der Waals surface area contributed by atoms with Gasteiger partial charge in [0.2, 0.25) is 5.91 Å². The summed E-state index contributed by atoms with van der Waals surface area (Å²) in [5, 5.41) is 0. The molecule has 0 radical (unpaired) electrons. The number of nitrogens with zero attached hydrogens (tertiary/aromatic N) is 2. The molecule has 1 aliphatic heterocycles. The van der Waals surface area contributed by atoms with Crippen LogP contribution in [0.4, 0.5) is 0 Å². The van der Waals surface area contributed by atoms with Gasteiger partial charge in [-0.3, -0.25) is 4.79 Å². The molecule has 0 aromatic carbocycles. The van der Waals surface area contributed by atoms with Crippen molar-refractivity contribution in [3.05, 3.63) is 16.5 Å². The van der Waals surface area contributed by atoms with Crippen molar-refractivity contribution in [2.75, 3.05) is 32.7 Å². The lowest BCUT2D eigenvalue weighted by molar-refractivity contribution is -0.137. The highest BCUT2D eigenvalue weighted by Crippen LogP contribution is 2.33. The highest BCUT2D eigenvalue weighted by molar-refractivity contribution is 7.91. The average molecular weight is 428 g/mol. The fourth-order valence-corrected chi connectivity index (χ4v) is 6.65. The molecule has 1 aliphatic carbocycles. The van der Waals surface area contributed by atoms with E-state index in [0.29, 0.717) is 37.1 Å². The van der Waals surface area contributed by atoms with Gasteiger partial charge in [0.15, 0.2) is 0 Å². The maximum Gasteiger partial charge on any atom is 0.252 e. The Balaban J connectivity index is 0.00000225. The first kappa shape index (κ1) is 20.9. The zero-order valence-electron chi connectivity index (χ0n) is 13.8. The Morgan fingerprint density at radius 3 is 2.48 bits per heavy atom. The molecule has 2 heterocycles. The van der Waals surface area contributed by atoms with Crippen LogP contribution in [0.5, 0.6) is 0 Å². The zero-order chi connectivity index (χ0) is 17.3. The van der Waals surface area contributed by atoms with Crippen molar-refractivity contribution in [3.63, 3.8) is 0 Å². The van der Waals surface area contributed by atoms with Gasteiger partial charge in [-0.2, -0.15) is 4.31 Å². The Hall–Kier alpha value is -0.380. The van der Waals surface area contributed by atoms with Gasteiger partial charge in [0, 0.05) is 32.1 Å². The molecule has 0 unspecified atom stereocenters. The van der Waals surface area contributed by atoms with Crippen LogP contribution in [0.15, 0.2) is 16.3 Å². The number of nitrogens with two attached hydrogens (primary N) is 1. The van der Waals surface area contributed by atoms with Gasteiger partial charge < -0.3 is 10.6 Å². The number of piperazine rings is 1. The molecule has 1 aromatic rings. The van der Waals surface area contributed by atoms with E-state index in [1.54, 1.807) is 11.0 Å². The van der Waals surface area contributed by atoms with Crippen LogP contribution in [0.2, 0.25) is 4.34 Å². The molecule has 0 spiro atoms. The second-order valence-electron chi connectivity index (χ2n) is 6.32. The Kier molecular flexibility index (Phi) is 7.15. The van der Waals surface area contributed by atoms with Crippen molar-refractivity contribution in [2.45, 2.75) is 23.5 Å². The van der Waals surface area contributed by atoms with E-state index in [9.17, 15) is 13.2 Å². The molecule has 1 saturated heterocycles. The molecule has 142 valence electrons. The molecular formula is C15H23Cl2N3O3S2. The molecule has 2 N–H and O–H groups in total. The first-order chi connectivity index (χ1) is 11.4. The maximum absolute atomic E-state index is 12.7. The summed E-state index contributed by atoms with van der Waals surface area (Å²) < 4.78 is 27.3. The number of amides is 1. The lowest BCUT2D eigenvalue weighted by Crippen LogP contribution is -2.52. The fraction of sp³-hybridized carbons (Fsp3) is 0.667. The molecule has 10 heteroatoms. The molecule has 0 bridgehead atoms. The molecule has 6 nitrogen and oxygen atoms in total. The fourth-order valence-electron chi connectivity index (χ4n) is 3.59. The smallest absolute Gasteiger partial charge is 0.252 e. The minimum Gasteiger partial charge on any atom is -0.340 e. The predicted molar refractivity (Wildman–Crippen MR) is 102 cm³/mol. The lowest BCUT2D eigenvalue weighted by Gasteiger charge is -2.35. The quantitative estimate of drug-likeness (QED) is 0.796. The summed E-state index contributed by atoms with van der Waals surface area (Å²) in [5.74, 6) is 0.418. The van der Waals surface area contributed by atoms with Crippen LogP contribution in [0.25, 0.3) is 0 Å². The van der Waals surface area contributed by atoms with Crippen molar-refractivity contribution < 1.29 is 13.2 Å². The second-order valence-corrected chi connectivity index (χ2v) is 10.2. The molecule has 2 atom stereocenters. The molecule has 1 amide bonds. The third-order valence-corrected chi connectivity index (χ3v) is 8.57. The van der Waals surface area contributed by atoms with Gasteiger partial charge in [-0.1, -0.05) is 18.0 Å². The van der Waals surface area contributed by atoms with E-state index in [2.05, 4.69) is 0 Å². The Bertz CT molecular complexity index is 703. The number of carbonyl (C=O) groups is 1. The van der Waals surface area contributed by atoms with Crippen LogP contribution >= 0.6 is 35.3 Å². The van der Waals surface area contributed by atoms with Gasteiger partial charge in [-0.05, 0) is 37.4 Å². The Morgan fingerprint density at radius 1 is 1.24 bits per heavy atom. The molecule has 1 aromatic heterocycles. The van der Waals surface area contributed by atoms with E-state index < -0.39 is 10.0 Å². The minimum atomic E-state index is -3.52. The number of hydrogen-bond acceptors (Lipinski definition) is 5. The van der Waals surface area contributed by atoms with E-state index in [1.165, 1.54) is 10.4 Å². The number of carbonyl (C=O) groups excluding carboxylic acids is 1. The van der Waals surface area contributed by atoms with Crippen LogP contribution in [0.3, 0.4) is 0 Å². The van der Waals surface area contributed by atoms with Crippen LogP contribution in [-0.4, -0.2) is 56.3 Å². The zero-order valence-corrected chi connectivity index (χ0v) is 17.0. The summed E-state index contributed by atoms with van der Waals surface area (Å²) >= 11 is 6.90. The molecule has 25 heavy (non-hydrogen) atoms. The van der Waals surface area contributed by atoms with Crippen molar-refractivity contribution in [2.24, 2.45) is 17.6 Å². The summed E-state index contributed by atoms with van der Waals surface area (Å²) in [6, 6.07) is 3.12. The highest BCUT2D eigenvalue weighted by Gasteiger charge is 2.37. The van der Waals surface area contributed by atoms with Crippen molar-refractivity contribution >= 4 is 51.3 Å². The number of halogens is 2. The highest BCUT2D eigenvalue weighted by atomic mass is 35.5. The van der Waals surface area contributed by atoms with E-state index in [4.69, 9.17) is 17.3 Å². The van der Waals surface area contributed by atoms with Gasteiger partial charge >= 0.3 is 0 Å². The standard InChI is InChI=1S/C15H22ClN3O3S2.ClH/c16-13-4-5-14(23-13)24(21,22)19-8-6-18(7-9-19)15(20)12-3-1-2-11(12)10-17;/h4-5,11-12H,1-3,6-10,17H2;1H/t11-,12-;/m1./s1. The third-order valence-electron chi connectivity index (χ3n) is 4.97. The number of sulfonamides is 1. The normalized spacial score (nSPS) is 25.0. The molecule has 1 saturated carbocycles. The van der Waals surface area contributed by atoms with E-state index >= 15 is 0 Å². The summed E-state index contributed by atoms with van der Waals surface area (Å²) in [6.45, 7) is 2.06. The van der Waals surface area contributed by atoms with Crippen LogP contribution < -0.4 is 5.73 Å². The minimum absolute atomic E-state index is 0. The topological polar surface area (TPSA) is 83.7 Å². The van der Waals surface area contributed by atoms with Gasteiger partial charge in [-0.15, -0.1) is 23.7 Å². The van der Waals surface area contributed by atoms with Gasteiger partial charge in [-0.25, -0.2) is 8.42 Å². The number of rotatable bonds is 4. The van der Waals surface area contributed by atoms with E-state index in [0.717, 1.165) is 30.6 Å². The maximum atomic E-state index is 12.7. The SMILES string of the molecule is Cl.NC[C@H]1CCC[C@H]1C(=O)N1CCN(S(=O)(=O)c2ccc(Cl)s2)CC1. The van der Waals surface area contributed by atoms with Crippen LogP contribution in [0.1, 0.15) is 19.3 Å². The number of hydrogen-bond donors (Lipinski definition) is 1. The molecule has 2 aliphatic rings. The van der Waals surface area contributed by atoms with Crippen molar-refractivity contribution in [1.82, 2.24) is 9.21 Å². The average Bonchev–Trinajstić information content (AvgIpc) is 3.23. The predicted octanol–water partition coefficient (Wildman–Crippen LogP) is 2.03. The first-order valence-corrected chi connectivity index (χ1v) is 10.8. The van der Waals surface area contributed by atoms with Crippen LogP contribution in [-0.2, 0) is 14.8 Å². The first-order valence-electron chi connectivity index (χ1n) is 8.18. The summed E-state index contributed by atoms with van der Waals surface area (Å²) in [7, 11) is -3.52. The molecular weight excluding hydrogens is 405 g/mol. The largest absolute Gasteiger partial charge is 0.340 e. The molecule has 3 rings (SSSR count). The summed E-state index contributed by atoms with van der Waals surface area (Å²) in [6.07, 6.45) is 2.96. The third kappa shape index (κ3) is 4.31. The van der Waals surface area contributed by atoms with Gasteiger partial charge in [0.05, 0.1) is 4.34 Å². The van der Waals surface area contributed by atoms with E-state index in [1.807, 2.05) is 0 Å². The van der Waals surface area contributed by atoms with Crippen molar-refractivity contribution in [3.8, 4) is 0 Å². The monoisotopic (exact) mass is 427 g/mol. The number of thiophene rings is 1. The van der Waals surface area contributed by atoms with E-state index in [-0.39, 0.29) is 34.4 Å². The summed E-state index contributed by atoms with van der Waals surface area (Å²) in [4.78, 5) is 14.5. The Labute approximate surface area is 163 Å². The lowest BCUT2D eigenvalue weighted by atomic mass is 9.94. The van der Waals surface area contributed by atoms with Gasteiger partial charge in [0.1, 0.15) is 4.21 Å². The second kappa shape index (κ2) is 8.54. The van der Waals surface area contributed by atoms with Crippen molar-refractivity contribution in [1.29, 1.82) is 0 Å². The van der Waals surface area contributed by atoms with Gasteiger partial charge in [0.25, 0.3) is 10.0 Å². The summed E-state index contributed by atoms with van der Waals surface area (Å²) in [5.41, 5.74) is 5.77.